The Kier molecular flexibility index (Phi) is 3.93. The molecule has 0 aromatic carbocycles. The molecule has 0 radical (unpaired) electrons. The number of nitrogens with zero attached hydrogens (tertiary/aromatic N) is 2. The fraction of sp³-hybridized carbons (Fsp3) is 0.167. The Labute approximate surface area is 108 Å². The van der Waals surface area contributed by atoms with Gasteiger partial charge in [0.05, 0.1) is 18.9 Å². The van der Waals surface area contributed by atoms with Crippen LogP contribution >= 0.6 is 15.9 Å². The van der Waals surface area contributed by atoms with E-state index >= 15 is 0 Å². The summed E-state index contributed by atoms with van der Waals surface area (Å²) in [5, 5.41) is 0. The summed E-state index contributed by atoms with van der Waals surface area (Å²) < 4.78 is 11.5. The Balaban J connectivity index is 2.04. The van der Waals surface area contributed by atoms with Crippen molar-refractivity contribution < 1.29 is 9.47 Å². The summed E-state index contributed by atoms with van der Waals surface area (Å²) in [4.78, 5) is 8.18. The van der Waals surface area contributed by atoms with Crippen molar-refractivity contribution in [2.75, 3.05) is 7.11 Å². The van der Waals surface area contributed by atoms with Gasteiger partial charge in [0.25, 0.3) is 0 Å². The molecule has 0 aliphatic rings. The van der Waals surface area contributed by atoms with Crippen LogP contribution in [-0.2, 0) is 6.61 Å². The smallest absolute Gasteiger partial charge is 0.219 e. The zero-order chi connectivity index (χ0) is 12.1. The van der Waals surface area contributed by atoms with Gasteiger partial charge in [-0.15, -0.1) is 0 Å². The third kappa shape index (κ3) is 3.17. The quantitative estimate of drug-likeness (QED) is 0.814. The van der Waals surface area contributed by atoms with Gasteiger partial charge in [0.15, 0.2) is 0 Å². The van der Waals surface area contributed by atoms with Crippen molar-refractivity contribution in [3.63, 3.8) is 0 Å². The first-order chi connectivity index (χ1) is 8.29. The number of methoxy groups -OCH3 is 1. The SMILES string of the molecule is COc1ncccc1COc1ccc(Br)nc1. The molecule has 0 fully saturated rings. The van der Waals surface area contributed by atoms with E-state index in [1.807, 2.05) is 24.3 Å². The zero-order valence-electron chi connectivity index (χ0n) is 9.26. The van der Waals surface area contributed by atoms with Crippen LogP contribution in [0.2, 0.25) is 0 Å². The molecule has 0 bridgehead atoms. The lowest BCUT2D eigenvalue weighted by atomic mass is 10.3. The van der Waals surface area contributed by atoms with Crippen LogP contribution in [0.1, 0.15) is 5.56 Å². The Morgan fingerprint density at radius 3 is 2.82 bits per heavy atom. The van der Waals surface area contributed by atoms with E-state index in [4.69, 9.17) is 9.47 Å². The van der Waals surface area contributed by atoms with Gasteiger partial charge < -0.3 is 9.47 Å². The van der Waals surface area contributed by atoms with Crippen LogP contribution in [0, 0.1) is 0 Å². The largest absolute Gasteiger partial charge is 0.487 e. The molecule has 0 atom stereocenters. The first kappa shape index (κ1) is 11.9. The minimum absolute atomic E-state index is 0.403. The predicted molar refractivity (Wildman–Crippen MR) is 67.1 cm³/mol. The fourth-order valence-electron chi connectivity index (χ4n) is 1.33. The minimum atomic E-state index is 0.403. The van der Waals surface area contributed by atoms with Crippen molar-refractivity contribution >= 4 is 15.9 Å². The maximum Gasteiger partial charge on any atom is 0.219 e. The molecule has 5 heteroatoms. The molecule has 17 heavy (non-hydrogen) atoms. The zero-order valence-corrected chi connectivity index (χ0v) is 10.8. The summed E-state index contributed by atoms with van der Waals surface area (Å²) in [6.07, 6.45) is 3.34. The van der Waals surface area contributed by atoms with Crippen LogP contribution in [0.25, 0.3) is 0 Å². The lowest BCUT2D eigenvalue weighted by Crippen LogP contribution is -2.00. The van der Waals surface area contributed by atoms with E-state index < -0.39 is 0 Å². The normalized spacial score (nSPS) is 10.0. The molecule has 2 rings (SSSR count). The Bertz CT molecular complexity index is 488. The minimum Gasteiger partial charge on any atom is -0.487 e. The highest BCUT2D eigenvalue weighted by atomic mass is 79.9. The standard InChI is InChI=1S/C12H11BrN2O2/c1-16-12-9(3-2-6-14-12)8-17-10-4-5-11(13)15-7-10/h2-7H,8H2,1H3. The summed E-state index contributed by atoms with van der Waals surface area (Å²) >= 11 is 3.27. The van der Waals surface area contributed by atoms with Crippen LogP contribution in [0.5, 0.6) is 11.6 Å². The van der Waals surface area contributed by atoms with Gasteiger partial charge in [0.1, 0.15) is 17.0 Å². The monoisotopic (exact) mass is 294 g/mol. The van der Waals surface area contributed by atoms with Crippen molar-refractivity contribution in [3.05, 3.63) is 46.8 Å². The summed E-state index contributed by atoms with van der Waals surface area (Å²) in [5.41, 5.74) is 0.901. The topological polar surface area (TPSA) is 44.2 Å². The maximum atomic E-state index is 5.59. The predicted octanol–water partition coefficient (Wildman–Crippen LogP) is 2.83. The van der Waals surface area contributed by atoms with E-state index in [1.165, 1.54) is 0 Å². The van der Waals surface area contributed by atoms with Gasteiger partial charge in [-0.2, -0.15) is 0 Å². The number of halogens is 1. The summed E-state index contributed by atoms with van der Waals surface area (Å²) in [5.74, 6) is 1.29. The Hall–Kier alpha value is -1.62. The number of pyridine rings is 2. The highest BCUT2D eigenvalue weighted by Crippen LogP contribution is 2.18. The molecular formula is C12H11BrN2O2. The van der Waals surface area contributed by atoms with Gasteiger partial charge in [-0.05, 0) is 40.2 Å². The molecule has 0 saturated heterocycles. The molecule has 0 amide bonds. The Morgan fingerprint density at radius 1 is 1.24 bits per heavy atom. The van der Waals surface area contributed by atoms with Crippen molar-refractivity contribution in [1.82, 2.24) is 9.97 Å². The fourth-order valence-corrected chi connectivity index (χ4v) is 1.56. The van der Waals surface area contributed by atoms with Gasteiger partial charge in [-0.1, -0.05) is 0 Å². The van der Waals surface area contributed by atoms with Crippen LogP contribution in [0.3, 0.4) is 0 Å². The third-order valence-corrected chi connectivity index (χ3v) is 2.61. The van der Waals surface area contributed by atoms with Crippen molar-refractivity contribution in [1.29, 1.82) is 0 Å². The first-order valence-corrected chi connectivity index (χ1v) is 5.81. The lowest BCUT2D eigenvalue weighted by Gasteiger charge is -2.08. The highest BCUT2D eigenvalue weighted by molar-refractivity contribution is 9.10. The second-order valence-electron chi connectivity index (χ2n) is 3.28. The summed E-state index contributed by atoms with van der Waals surface area (Å²) in [6, 6.07) is 7.44. The van der Waals surface area contributed by atoms with E-state index in [1.54, 1.807) is 19.5 Å². The molecule has 4 nitrogen and oxygen atoms in total. The number of hydrogen-bond donors (Lipinski definition) is 0. The van der Waals surface area contributed by atoms with E-state index in [0.29, 0.717) is 18.2 Å². The second-order valence-corrected chi connectivity index (χ2v) is 4.09. The maximum absolute atomic E-state index is 5.59. The molecule has 2 aromatic rings. The summed E-state index contributed by atoms with van der Waals surface area (Å²) in [7, 11) is 1.59. The van der Waals surface area contributed by atoms with E-state index in [-0.39, 0.29) is 0 Å². The number of rotatable bonds is 4. The lowest BCUT2D eigenvalue weighted by molar-refractivity contribution is 0.292. The van der Waals surface area contributed by atoms with Gasteiger partial charge in [0.2, 0.25) is 5.88 Å². The van der Waals surface area contributed by atoms with Crippen molar-refractivity contribution in [2.45, 2.75) is 6.61 Å². The number of aromatic nitrogens is 2. The van der Waals surface area contributed by atoms with Crippen LogP contribution in [0.15, 0.2) is 41.3 Å². The van der Waals surface area contributed by atoms with Gasteiger partial charge >= 0.3 is 0 Å². The molecule has 0 saturated carbocycles. The van der Waals surface area contributed by atoms with Crippen molar-refractivity contribution in [2.24, 2.45) is 0 Å². The molecule has 0 N–H and O–H groups in total. The van der Waals surface area contributed by atoms with Gasteiger partial charge in [-0.25, -0.2) is 9.97 Å². The third-order valence-electron chi connectivity index (χ3n) is 2.14. The molecule has 0 aliphatic heterocycles. The molecule has 88 valence electrons. The van der Waals surface area contributed by atoms with Gasteiger partial charge in [-0.3, -0.25) is 0 Å². The van der Waals surface area contributed by atoms with Crippen LogP contribution in [0.4, 0.5) is 0 Å². The van der Waals surface area contributed by atoms with E-state index in [0.717, 1.165) is 10.2 Å². The molecular weight excluding hydrogens is 284 g/mol. The number of ether oxygens (including phenoxy) is 2. The molecule has 2 heterocycles. The van der Waals surface area contributed by atoms with Gasteiger partial charge in [0, 0.05) is 6.20 Å². The Morgan fingerprint density at radius 2 is 2.12 bits per heavy atom. The molecule has 0 spiro atoms. The molecule has 0 aliphatic carbocycles. The first-order valence-electron chi connectivity index (χ1n) is 5.02. The summed E-state index contributed by atoms with van der Waals surface area (Å²) in [6.45, 7) is 0.403. The molecule has 0 unspecified atom stereocenters. The van der Waals surface area contributed by atoms with Crippen molar-refractivity contribution in [3.8, 4) is 11.6 Å². The number of hydrogen-bond acceptors (Lipinski definition) is 4. The van der Waals surface area contributed by atoms with Crippen LogP contribution in [-0.4, -0.2) is 17.1 Å². The molecule has 2 aromatic heterocycles. The second kappa shape index (κ2) is 5.63. The highest BCUT2D eigenvalue weighted by Gasteiger charge is 2.04. The average Bonchev–Trinajstić information content (AvgIpc) is 2.38. The van der Waals surface area contributed by atoms with Crippen LogP contribution < -0.4 is 9.47 Å². The average molecular weight is 295 g/mol. The van der Waals surface area contributed by atoms with E-state index in [2.05, 4.69) is 25.9 Å². The van der Waals surface area contributed by atoms with E-state index in [9.17, 15) is 0 Å².